The molecule has 0 unspecified atom stereocenters. The fraction of sp³-hybridized carbons (Fsp3) is 1.00. The van der Waals surface area contributed by atoms with Gasteiger partial charge in [0.05, 0.1) is 0 Å². The number of hydrogen-bond donors (Lipinski definition) is 0. The highest BCUT2D eigenvalue weighted by atomic mass is 35.5. The molecule has 0 rings (SSSR count). The van der Waals surface area contributed by atoms with Gasteiger partial charge in [0.25, 0.3) is 0 Å². The predicted octanol–water partition coefficient (Wildman–Crippen LogP) is 0.393. The lowest BCUT2D eigenvalue weighted by Gasteiger charge is -2.06. The highest BCUT2D eigenvalue weighted by Crippen LogP contribution is 1.97. The second-order valence-corrected chi connectivity index (χ2v) is 6.41. The fourth-order valence-corrected chi connectivity index (χ4v) is 2.48. The van der Waals surface area contributed by atoms with Crippen molar-refractivity contribution in [1.82, 2.24) is 4.57 Å². The molecule has 4 heteroatoms. The third kappa shape index (κ3) is 6.76. The average Bonchev–Trinajstić information content (AvgIpc) is 1.27. The first-order chi connectivity index (χ1) is 3.13. The lowest BCUT2D eigenvalue weighted by Crippen LogP contribution is -2.22. The molecule has 7 heavy (non-hydrogen) atoms. The quantitative estimate of drug-likeness (QED) is 0.415. The first kappa shape index (κ1) is 7.76. The van der Waals surface area contributed by atoms with Crippen LogP contribution >= 0.6 is 23.2 Å². The van der Waals surface area contributed by atoms with E-state index in [0.717, 1.165) is 0 Å². The normalized spacial score (nSPS) is 12.9. The highest BCUT2D eigenvalue weighted by Gasteiger charge is 1.98. The summed E-state index contributed by atoms with van der Waals surface area (Å²) in [6.07, 6.45) is 0. The number of nitrogens with zero attached hydrogens (tertiary/aromatic N) is 1. The maximum atomic E-state index is 5.46. The van der Waals surface area contributed by atoms with Crippen molar-refractivity contribution in [3.63, 3.8) is 0 Å². The largest absolute Gasteiger partial charge is 0.332 e. The molecule has 0 aliphatic rings. The molecule has 0 saturated heterocycles. The Labute approximate surface area is 56.5 Å². The van der Waals surface area contributed by atoms with Crippen LogP contribution in [-0.4, -0.2) is 32.8 Å². The van der Waals surface area contributed by atoms with Crippen molar-refractivity contribution in [2.75, 3.05) is 14.1 Å². The summed E-state index contributed by atoms with van der Waals surface area (Å²) < 4.78 is 1.96. The van der Waals surface area contributed by atoms with Gasteiger partial charge in [-0.25, -0.2) is 0 Å². The van der Waals surface area contributed by atoms with Crippen molar-refractivity contribution in [3.8, 4) is 0 Å². The Morgan fingerprint density at radius 1 is 1.43 bits per heavy atom. The number of hydrogen-bond acceptors (Lipinski definition) is 1. The van der Waals surface area contributed by atoms with Crippen LogP contribution in [0, 0.1) is 0 Å². The van der Waals surface area contributed by atoms with E-state index < -0.39 is 0 Å². The molecule has 0 heterocycles. The van der Waals surface area contributed by atoms with Gasteiger partial charge in [-0.3, -0.25) is 0 Å². The van der Waals surface area contributed by atoms with E-state index in [9.17, 15) is 0 Å². The van der Waals surface area contributed by atoms with Crippen molar-refractivity contribution in [2.45, 2.75) is 4.46 Å². The van der Waals surface area contributed by atoms with Crippen LogP contribution in [-0.2, 0) is 0 Å². The number of rotatable bonds is 2. The van der Waals surface area contributed by atoms with Gasteiger partial charge in [0.2, 0.25) is 0 Å². The summed E-state index contributed by atoms with van der Waals surface area (Å²) in [6, 6.07) is 0. The van der Waals surface area contributed by atoms with E-state index in [2.05, 4.69) is 4.57 Å². The van der Waals surface area contributed by atoms with E-state index >= 15 is 0 Å². The SMILES string of the molecule is CN(C)[SiH2]C(Cl)Cl. The molecule has 0 aromatic rings. The molecule has 0 radical (unpaired) electrons. The average molecular weight is 158 g/mol. The van der Waals surface area contributed by atoms with Gasteiger partial charge in [0.15, 0.2) is 0 Å². The van der Waals surface area contributed by atoms with Crippen LogP contribution in [0.1, 0.15) is 0 Å². The van der Waals surface area contributed by atoms with Crippen LogP contribution in [0.2, 0.25) is 0 Å². The van der Waals surface area contributed by atoms with Gasteiger partial charge in [0.1, 0.15) is 14.1 Å². The van der Waals surface area contributed by atoms with Crippen molar-refractivity contribution in [3.05, 3.63) is 0 Å². The summed E-state index contributed by atoms with van der Waals surface area (Å²) in [6.45, 7) is 0. The molecule has 0 aromatic carbocycles. The van der Waals surface area contributed by atoms with Gasteiger partial charge in [-0.05, 0) is 14.1 Å². The monoisotopic (exact) mass is 157 g/mol. The Bertz CT molecular complexity index is 42.2. The van der Waals surface area contributed by atoms with E-state index in [4.69, 9.17) is 23.2 Å². The molecule has 0 atom stereocenters. The van der Waals surface area contributed by atoms with E-state index in [1.807, 2.05) is 14.1 Å². The molecule has 0 fully saturated rings. The van der Waals surface area contributed by atoms with E-state index in [0.29, 0.717) is 0 Å². The van der Waals surface area contributed by atoms with Gasteiger partial charge >= 0.3 is 0 Å². The van der Waals surface area contributed by atoms with Gasteiger partial charge < -0.3 is 4.57 Å². The minimum absolute atomic E-state index is 0.116. The summed E-state index contributed by atoms with van der Waals surface area (Å²) in [7, 11) is 3.63. The first-order valence-corrected chi connectivity index (χ1v) is 4.38. The lowest BCUT2D eigenvalue weighted by molar-refractivity contribution is 0.661. The standard InChI is InChI=1S/C3H9Cl2NSi/c1-6(2)7-3(4)5/h3H,7H2,1-2H3. The van der Waals surface area contributed by atoms with Crippen molar-refractivity contribution >= 4 is 32.9 Å². The maximum Gasteiger partial charge on any atom is 0.132 e. The molecular formula is C3H9Cl2NSi. The summed E-state index contributed by atoms with van der Waals surface area (Å²) >= 11 is 10.9. The van der Waals surface area contributed by atoms with Crippen LogP contribution in [0.15, 0.2) is 0 Å². The Balaban J connectivity index is 2.95. The topological polar surface area (TPSA) is 3.24 Å². The molecule has 1 nitrogen and oxygen atoms in total. The maximum absolute atomic E-state index is 5.46. The molecule has 0 aliphatic heterocycles. The van der Waals surface area contributed by atoms with E-state index in [1.54, 1.807) is 0 Å². The van der Waals surface area contributed by atoms with Crippen LogP contribution in [0.4, 0.5) is 0 Å². The summed E-state index contributed by atoms with van der Waals surface area (Å²) in [4.78, 5) is 0. The Morgan fingerprint density at radius 2 is 1.86 bits per heavy atom. The molecule has 0 spiro atoms. The molecule has 0 saturated carbocycles. The molecule has 0 amide bonds. The molecule has 0 bridgehead atoms. The Kier molecular flexibility index (Phi) is 4.12. The zero-order chi connectivity index (χ0) is 5.86. The van der Waals surface area contributed by atoms with E-state index in [-0.39, 0.29) is 14.1 Å². The highest BCUT2D eigenvalue weighted by molar-refractivity contribution is 6.67. The van der Waals surface area contributed by atoms with Gasteiger partial charge in [0, 0.05) is 0 Å². The number of alkyl halides is 2. The first-order valence-electron chi connectivity index (χ1n) is 2.06. The van der Waals surface area contributed by atoms with Gasteiger partial charge in [-0.1, -0.05) is 0 Å². The van der Waals surface area contributed by atoms with Crippen LogP contribution in [0.25, 0.3) is 0 Å². The van der Waals surface area contributed by atoms with Crippen LogP contribution in [0.5, 0.6) is 0 Å². The minimum Gasteiger partial charge on any atom is -0.332 e. The molecule has 0 N–H and O–H groups in total. The molecule has 0 aliphatic carbocycles. The predicted molar refractivity (Wildman–Crippen MR) is 37.7 cm³/mol. The van der Waals surface area contributed by atoms with Gasteiger partial charge in [-0.2, -0.15) is 0 Å². The third-order valence-electron chi connectivity index (χ3n) is 0.503. The Morgan fingerprint density at radius 3 is 1.86 bits per heavy atom. The van der Waals surface area contributed by atoms with Crippen molar-refractivity contribution in [1.29, 1.82) is 0 Å². The molecular weight excluding hydrogens is 149 g/mol. The van der Waals surface area contributed by atoms with Crippen LogP contribution in [0.3, 0.4) is 0 Å². The summed E-state index contributed by atoms with van der Waals surface area (Å²) in [5.41, 5.74) is 0. The zero-order valence-corrected chi connectivity index (χ0v) is 7.41. The zero-order valence-electron chi connectivity index (χ0n) is 4.49. The number of halogens is 2. The van der Waals surface area contributed by atoms with Crippen LogP contribution < -0.4 is 0 Å². The second kappa shape index (κ2) is 3.72. The summed E-state index contributed by atoms with van der Waals surface area (Å²) in [5, 5.41) is 0. The van der Waals surface area contributed by atoms with Gasteiger partial charge in [-0.15, -0.1) is 23.2 Å². The third-order valence-corrected chi connectivity index (χ3v) is 2.34. The molecule has 44 valence electrons. The van der Waals surface area contributed by atoms with Crippen molar-refractivity contribution in [2.24, 2.45) is 0 Å². The second-order valence-electron chi connectivity index (χ2n) is 1.65. The smallest absolute Gasteiger partial charge is 0.132 e. The lowest BCUT2D eigenvalue weighted by atomic mass is 11.3. The van der Waals surface area contributed by atoms with E-state index in [1.165, 1.54) is 0 Å². The molecule has 0 aromatic heterocycles. The Hall–Kier alpha value is 0.757. The van der Waals surface area contributed by atoms with Crippen molar-refractivity contribution < 1.29 is 0 Å². The summed E-state index contributed by atoms with van der Waals surface area (Å²) in [5.74, 6) is 0. The minimum atomic E-state index is -0.355. The fourth-order valence-electron chi connectivity index (χ4n) is 0.276.